The fraction of sp³-hybridized carbons (Fsp3) is 0.286. The van der Waals surface area contributed by atoms with Gasteiger partial charge in [0.15, 0.2) is 5.82 Å². The Morgan fingerprint density at radius 2 is 1.97 bits per heavy atom. The summed E-state index contributed by atoms with van der Waals surface area (Å²) in [6.45, 7) is 2.87. The number of nitrogens with zero attached hydrogens (tertiary/aromatic N) is 2. The molecule has 1 heterocycles. The van der Waals surface area contributed by atoms with Crippen molar-refractivity contribution in [2.75, 3.05) is 19.4 Å². The van der Waals surface area contributed by atoms with Gasteiger partial charge in [0.25, 0.3) is 0 Å². The van der Waals surface area contributed by atoms with Gasteiger partial charge in [0.2, 0.25) is 11.1 Å². The number of amides is 1. The van der Waals surface area contributed by atoms with Crippen LogP contribution >= 0.6 is 11.8 Å². The van der Waals surface area contributed by atoms with Crippen molar-refractivity contribution in [1.29, 1.82) is 0 Å². The standard InChI is InChI=1S/C21H24N4O3S/c1-15-5-3-4-6-18(15)28-13-19-23-21(25-24-19)29-14-20(26)22-12-11-16-7-9-17(27-2)10-8-16/h3-10H,11-14H2,1-2H3,(H,22,26)(H,23,24,25). The number of para-hydroxylation sites is 1. The molecule has 0 aliphatic rings. The summed E-state index contributed by atoms with van der Waals surface area (Å²) in [6, 6.07) is 15.6. The number of aromatic nitrogens is 3. The van der Waals surface area contributed by atoms with Crippen LogP contribution in [0.25, 0.3) is 0 Å². The fourth-order valence-corrected chi connectivity index (χ4v) is 3.24. The number of carbonyl (C=O) groups is 1. The lowest BCUT2D eigenvalue weighted by Gasteiger charge is -2.06. The van der Waals surface area contributed by atoms with Crippen LogP contribution in [0.1, 0.15) is 17.0 Å². The topological polar surface area (TPSA) is 89.1 Å². The predicted octanol–water partition coefficient (Wildman–Crippen LogP) is 3.15. The minimum absolute atomic E-state index is 0.0500. The molecule has 0 unspecified atom stereocenters. The normalized spacial score (nSPS) is 10.6. The number of carbonyl (C=O) groups excluding carboxylic acids is 1. The number of nitrogens with one attached hydrogen (secondary N) is 2. The molecule has 152 valence electrons. The molecule has 8 heteroatoms. The minimum atomic E-state index is -0.0500. The summed E-state index contributed by atoms with van der Waals surface area (Å²) in [7, 11) is 1.64. The summed E-state index contributed by atoms with van der Waals surface area (Å²) >= 11 is 1.29. The van der Waals surface area contributed by atoms with Crippen LogP contribution in [0.2, 0.25) is 0 Å². The number of aromatic amines is 1. The molecule has 3 aromatic rings. The Labute approximate surface area is 174 Å². The molecule has 29 heavy (non-hydrogen) atoms. The number of benzene rings is 2. The van der Waals surface area contributed by atoms with Crippen LogP contribution in [0, 0.1) is 6.92 Å². The minimum Gasteiger partial charge on any atom is -0.497 e. The Kier molecular flexibility index (Phi) is 7.52. The molecule has 2 N–H and O–H groups in total. The number of H-pyrrole nitrogens is 1. The lowest BCUT2D eigenvalue weighted by atomic mass is 10.1. The van der Waals surface area contributed by atoms with Gasteiger partial charge in [0.1, 0.15) is 18.1 Å². The maximum absolute atomic E-state index is 12.0. The molecule has 1 amide bonds. The highest BCUT2D eigenvalue weighted by molar-refractivity contribution is 7.99. The van der Waals surface area contributed by atoms with E-state index in [2.05, 4.69) is 20.5 Å². The van der Waals surface area contributed by atoms with Crippen LogP contribution < -0.4 is 14.8 Å². The molecule has 0 aliphatic carbocycles. The third-order valence-corrected chi connectivity index (χ3v) is 5.04. The Balaban J connectivity index is 1.36. The van der Waals surface area contributed by atoms with Crippen molar-refractivity contribution in [3.8, 4) is 11.5 Å². The van der Waals surface area contributed by atoms with Gasteiger partial charge in [0, 0.05) is 6.54 Å². The van der Waals surface area contributed by atoms with Crippen LogP contribution in [0.15, 0.2) is 53.7 Å². The molecule has 0 atom stereocenters. The van der Waals surface area contributed by atoms with E-state index in [1.54, 1.807) is 7.11 Å². The van der Waals surface area contributed by atoms with Crippen LogP contribution in [-0.4, -0.2) is 40.5 Å². The summed E-state index contributed by atoms with van der Waals surface area (Å²) in [4.78, 5) is 16.4. The molecule has 0 bridgehead atoms. The van der Waals surface area contributed by atoms with E-state index in [9.17, 15) is 4.79 Å². The zero-order valence-electron chi connectivity index (χ0n) is 16.5. The lowest BCUT2D eigenvalue weighted by Crippen LogP contribution is -2.27. The lowest BCUT2D eigenvalue weighted by molar-refractivity contribution is -0.118. The molecule has 1 aromatic heterocycles. The zero-order valence-corrected chi connectivity index (χ0v) is 17.3. The van der Waals surface area contributed by atoms with E-state index in [1.165, 1.54) is 11.8 Å². The Hall–Kier alpha value is -3.00. The average molecular weight is 413 g/mol. The summed E-state index contributed by atoms with van der Waals surface area (Å²) in [5, 5.41) is 10.4. The van der Waals surface area contributed by atoms with Gasteiger partial charge in [-0.2, -0.15) is 0 Å². The van der Waals surface area contributed by atoms with E-state index in [0.717, 1.165) is 29.0 Å². The van der Waals surface area contributed by atoms with Crippen molar-refractivity contribution in [3.05, 3.63) is 65.5 Å². The van der Waals surface area contributed by atoms with E-state index >= 15 is 0 Å². The second-order valence-corrected chi connectivity index (χ2v) is 7.30. The number of aryl methyl sites for hydroxylation is 1. The molecular weight excluding hydrogens is 388 g/mol. The maximum atomic E-state index is 12.0. The first-order valence-corrected chi connectivity index (χ1v) is 10.2. The molecular formula is C21H24N4O3S. The summed E-state index contributed by atoms with van der Waals surface area (Å²) in [6.07, 6.45) is 0.765. The van der Waals surface area contributed by atoms with Gasteiger partial charge in [-0.05, 0) is 42.7 Å². The van der Waals surface area contributed by atoms with Crippen LogP contribution in [-0.2, 0) is 17.8 Å². The third-order valence-electron chi connectivity index (χ3n) is 4.20. The molecule has 7 nitrogen and oxygen atoms in total. The summed E-state index contributed by atoms with van der Waals surface area (Å²) in [5.41, 5.74) is 2.21. The molecule has 0 aliphatic heterocycles. The van der Waals surface area contributed by atoms with Crippen molar-refractivity contribution in [3.63, 3.8) is 0 Å². The van der Waals surface area contributed by atoms with E-state index in [0.29, 0.717) is 24.1 Å². The van der Waals surface area contributed by atoms with Crippen LogP contribution in [0.5, 0.6) is 11.5 Å². The van der Waals surface area contributed by atoms with Gasteiger partial charge in [-0.15, -0.1) is 5.10 Å². The molecule has 2 aromatic carbocycles. The Morgan fingerprint density at radius 1 is 1.17 bits per heavy atom. The van der Waals surface area contributed by atoms with Gasteiger partial charge in [-0.25, -0.2) is 4.98 Å². The molecule has 3 rings (SSSR count). The first kappa shape index (κ1) is 20.7. The second kappa shape index (κ2) is 10.5. The zero-order chi connectivity index (χ0) is 20.5. The summed E-state index contributed by atoms with van der Waals surface area (Å²) < 4.78 is 10.9. The van der Waals surface area contributed by atoms with Crippen molar-refractivity contribution in [2.45, 2.75) is 25.1 Å². The monoisotopic (exact) mass is 412 g/mol. The van der Waals surface area contributed by atoms with Gasteiger partial charge in [-0.1, -0.05) is 42.1 Å². The van der Waals surface area contributed by atoms with E-state index < -0.39 is 0 Å². The quantitative estimate of drug-likeness (QED) is 0.497. The van der Waals surface area contributed by atoms with Crippen molar-refractivity contribution in [1.82, 2.24) is 20.5 Å². The second-order valence-electron chi connectivity index (χ2n) is 6.36. The molecule has 0 fully saturated rings. The van der Waals surface area contributed by atoms with Gasteiger partial charge >= 0.3 is 0 Å². The van der Waals surface area contributed by atoms with Crippen LogP contribution in [0.4, 0.5) is 0 Å². The highest BCUT2D eigenvalue weighted by atomic mass is 32.2. The molecule has 0 spiro atoms. The van der Waals surface area contributed by atoms with Crippen molar-refractivity contribution < 1.29 is 14.3 Å². The summed E-state index contributed by atoms with van der Waals surface area (Å²) in [5.74, 6) is 2.47. The number of hydrogen-bond donors (Lipinski definition) is 2. The van der Waals surface area contributed by atoms with Crippen molar-refractivity contribution in [2.24, 2.45) is 0 Å². The SMILES string of the molecule is COc1ccc(CCNC(=O)CSc2n[nH]c(COc3ccccc3C)n2)cc1. The largest absolute Gasteiger partial charge is 0.497 e. The number of hydrogen-bond acceptors (Lipinski definition) is 6. The van der Waals surface area contributed by atoms with Crippen LogP contribution in [0.3, 0.4) is 0 Å². The smallest absolute Gasteiger partial charge is 0.230 e. The number of ether oxygens (including phenoxy) is 2. The average Bonchev–Trinajstić information content (AvgIpc) is 3.20. The predicted molar refractivity (Wildman–Crippen MR) is 112 cm³/mol. The molecule has 0 saturated heterocycles. The van der Waals surface area contributed by atoms with E-state index in [4.69, 9.17) is 9.47 Å². The maximum Gasteiger partial charge on any atom is 0.230 e. The third kappa shape index (κ3) is 6.53. The van der Waals surface area contributed by atoms with Crippen molar-refractivity contribution >= 4 is 17.7 Å². The van der Waals surface area contributed by atoms with E-state index in [-0.39, 0.29) is 11.7 Å². The first-order valence-electron chi connectivity index (χ1n) is 9.26. The van der Waals surface area contributed by atoms with E-state index in [1.807, 2.05) is 55.5 Å². The van der Waals surface area contributed by atoms with Gasteiger partial charge < -0.3 is 14.8 Å². The first-order chi connectivity index (χ1) is 14.1. The Bertz CT molecular complexity index is 928. The van der Waals surface area contributed by atoms with Gasteiger partial charge in [0.05, 0.1) is 12.9 Å². The molecule has 0 radical (unpaired) electrons. The Morgan fingerprint density at radius 3 is 2.72 bits per heavy atom. The highest BCUT2D eigenvalue weighted by Crippen LogP contribution is 2.18. The molecule has 0 saturated carbocycles. The fourth-order valence-electron chi connectivity index (χ4n) is 2.59. The van der Waals surface area contributed by atoms with Gasteiger partial charge in [-0.3, -0.25) is 9.89 Å². The number of thioether (sulfide) groups is 1. The number of rotatable bonds is 10. The number of methoxy groups -OCH3 is 1. The highest BCUT2D eigenvalue weighted by Gasteiger charge is 2.09.